The van der Waals surface area contributed by atoms with Gasteiger partial charge in [-0.1, -0.05) is 79.0 Å². The molecule has 1 unspecified atom stereocenters. The van der Waals surface area contributed by atoms with Crippen molar-refractivity contribution in [2.45, 2.75) is 51.1 Å². The van der Waals surface area contributed by atoms with Crippen molar-refractivity contribution in [1.82, 2.24) is 10.2 Å². The summed E-state index contributed by atoms with van der Waals surface area (Å²) in [7, 11) is -4.08. The van der Waals surface area contributed by atoms with Gasteiger partial charge in [-0.2, -0.15) is 0 Å². The number of unbranched alkanes of at least 4 members (excludes halogenated alkanes) is 1. The predicted molar refractivity (Wildman–Crippen MR) is 152 cm³/mol. The molecular formula is C29H34ClN3O4S. The Hall–Kier alpha value is -3.36. The van der Waals surface area contributed by atoms with Crippen LogP contribution < -0.4 is 9.62 Å². The van der Waals surface area contributed by atoms with Crippen molar-refractivity contribution < 1.29 is 18.0 Å². The highest BCUT2D eigenvalue weighted by Gasteiger charge is 2.32. The summed E-state index contributed by atoms with van der Waals surface area (Å²) in [4.78, 5) is 28.3. The first kappa shape index (κ1) is 29.2. The molecule has 38 heavy (non-hydrogen) atoms. The summed E-state index contributed by atoms with van der Waals surface area (Å²) in [5.74, 6) is -0.838. The number of hydrogen-bond donors (Lipinski definition) is 1. The van der Waals surface area contributed by atoms with Crippen LogP contribution >= 0.6 is 11.6 Å². The number of hydrogen-bond acceptors (Lipinski definition) is 4. The Balaban J connectivity index is 1.99. The maximum Gasteiger partial charge on any atom is 0.264 e. The van der Waals surface area contributed by atoms with Gasteiger partial charge < -0.3 is 10.2 Å². The topological polar surface area (TPSA) is 86.8 Å². The van der Waals surface area contributed by atoms with Crippen LogP contribution in [0.25, 0.3) is 0 Å². The number of aryl methyl sites for hydroxylation is 1. The van der Waals surface area contributed by atoms with Crippen molar-refractivity contribution in [2.75, 3.05) is 17.4 Å². The van der Waals surface area contributed by atoms with Crippen LogP contribution in [0, 0.1) is 6.92 Å². The van der Waals surface area contributed by atoms with Gasteiger partial charge in [0.2, 0.25) is 11.8 Å². The molecule has 3 rings (SSSR count). The monoisotopic (exact) mass is 555 g/mol. The third-order valence-corrected chi connectivity index (χ3v) is 8.38. The van der Waals surface area contributed by atoms with Crippen LogP contribution in [0.15, 0.2) is 83.8 Å². The van der Waals surface area contributed by atoms with Gasteiger partial charge in [-0.3, -0.25) is 13.9 Å². The molecule has 7 nitrogen and oxygen atoms in total. The normalized spacial score (nSPS) is 12.0. The fourth-order valence-corrected chi connectivity index (χ4v) is 5.52. The van der Waals surface area contributed by atoms with Gasteiger partial charge in [-0.25, -0.2) is 8.42 Å². The van der Waals surface area contributed by atoms with Crippen LogP contribution in [0.2, 0.25) is 5.02 Å². The summed E-state index contributed by atoms with van der Waals surface area (Å²) in [5, 5.41) is 3.32. The SMILES string of the molecule is CCCCNC(=O)C(C)N(Cc1ccccc1Cl)C(=O)CN(c1ccc(C)cc1)S(=O)(=O)c1ccccc1. The summed E-state index contributed by atoms with van der Waals surface area (Å²) in [5.41, 5.74) is 1.96. The molecule has 1 N–H and O–H groups in total. The van der Waals surface area contributed by atoms with Gasteiger partial charge in [0, 0.05) is 18.1 Å². The Morgan fingerprint density at radius 1 is 0.947 bits per heavy atom. The lowest BCUT2D eigenvalue weighted by atomic mass is 10.1. The lowest BCUT2D eigenvalue weighted by Gasteiger charge is -2.32. The number of anilines is 1. The van der Waals surface area contributed by atoms with E-state index in [4.69, 9.17) is 11.6 Å². The molecule has 0 heterocycles. The first-order valence-electron chi connectivity index (χ1n) is 12.6. The van der Waals surface area contributed by atoms with E-state index in [1.165, 1.54) is 17.0 Å². The molecule has 0 aliphatic carbocycles. The van der Waals surface area contributed by atoms with Crippen molar-refractivity contribution in [2.24, 2.45) is 0 Å². The van der Waals surface area contributed by atoms with Gasteiger partial charge in [0.15, 0.2) is 0 Å². The Bertz CT molecular complexity index is 1330. The molecule has 3 aromatic rings. The zero-order valence-corrected chi connectivity index (χ0v) is 23.5. The first-order chi connectivity index (χ1) is 18.1. The summed E-state index contributed by atoms with van der Waals surface area (Å²) in [6.45, 7) is 5.61. The number of nitrogens with zero attached hydrogens (tertiary/aromatic N) is 2. The third-order valence-electron chi connectivity index (χ3n) is 6.23. The Labute approximate surface area is 230 Å². The van der Waals surface area contributed by atoms with E-state index < -0.39 is 28.5 Å². The Morgan fingerprint density at radius 3 is 2.21 bits per heavy atom. The van der Waals surface area contributed by atoms with Crippen molar-refractivity contribution in [3.8, 4) is 0 Å². The Morgan fingerprint density at radius 2 is 1.58 bits per heavy atom. The van der Waals surface area contributed by atoms with E-state index in [0.717, 1.165) is 22.7 Å². The number of sulfonamides is 1. The summed E-state index contributed by atoms with van der Waals surface area (Å²) in [6.07, 6.45) is 1.73. The smallest absolute Gasteiger partial charge is 0.264 e. The molecule has 0 bridgehead atoms. The van der Waals surface area contributed by atoms with Gasteiger partial charge in [0.1, 0.15) is 12.6 Å². The highest BCUT2D eigenvalue weighted by atomic mass is 35.5. The van der Waals surface area contributed by atoms with Gasteiger partial charge in [-0.15, -0.1) is 0 Å². The van der Waals surface area contributed by atoms with Crippen molar-refractivity contribution >= 4 is 39.1 Å². The molecule has 3 aromatic carbocycles. The maximum absolute atomic E-state index is 13.9. The van der Waals surface area contributed by atoms with E-state index in [-0.39, 0.29) is 17.3 Å². The van der Waals surface area contributed by atoms with E-state index in [1.54, 1.807) is 73.7 Å². The van der Waals surface area contributed by atoms with Crippen LogP contribution in [0.1, 0.15) is 37.8 Å². The molecule has 1 atom stereocenters. The second kappa shape index (κ2) is 13.4. The third kappa shape index (κ3) is 7.36. The second-order valence-electron chi connectivity index (χ2n) is 9.09. The van der Waals surface area contributed by atoms with E-state index >= 15 is 0 Å². The summed E-state index contributed by atoms with van der Waals surface area (Å²) in [6, 6.07) is 21.1. The standard InChI is InChI=1S/C29H34ClN3O4S/c1-4-5-19-31-29(35)23(3)32(20-24-11-9-10-14-27(24)30)28(34)21-33(25-17-15-22(2)16-18-25)38(36,37)26-12-7-6-8-13-26/h6-18,23H,4-5,19-21H2,1-3H3,(H,31,35). The van der Waals surface area contributed by atoms with E-state index in [1.807, 2.05) is 13.8 Å². The zero-order valence-electron chi connectivity index (χ0n) is 21.9. The molecule has 0 radical (unpaired) electrons. The Kier molecular flexibility index (Phi) is 10.3. The van der Waals surface area contributed by atoms with Crippen LogP contribution in [0.4, 0.5) is 5.69 Å². The number of rotatable bonds is 12. The van der Waals surface area contributed by atoms with Crippen LogP contribution in [-0.2, 0) is 26.2 Å². The van der Waals surface area contributed by atoms with Crippen LogP contribution in [0.3, 0.4) is 0 Å². The lowest BCUT2D eigenvalue weighted by Crippen LogP contribution is -2.51. The van der Waals surface area contributed by atoms with E-state index in [0.29, 0.717) is 22.8 Å². The van der Waals surface area contributed by atoms with E-state index in [9.17, 15) is 18.0 Å². The quantitative estimate of drug-likeness (QED) is 0.312. The number of halogens is 1. The van der Waals surface area contributed by atoms with Crippen molar-refractivity contribution in [3.63, 3.8) is 0 Å². The minimum absolute atomic E-state index is 0.0496. The van der Waals surface area contributed by atoms with Crippen LogP contribution in [0.5, 0.6) is 0 Å². The average Bonchev–Trinajstić information content (AvgIpc) is 2.92. The van der Waals surface area contributed by atoms with Gasteiger partial charge in [0.05, 0.1) is 10.6 Å². The molecule has 9 heteroatoms. The molecule has 2 amide bonds. The first-order valence-corrected chi connectivity index (χ1v) is 14.4. The zero-order chi connectivity index (χ0) is 27.7. The molecule has 0 aliphatic heterocycles. The minimum atomic E-state index is -4.08. The number of carbonyl (C=O) groups is 2. The lowest BCUT2D eigenvalue weighted by molar-refractivity contribution is -0.139. The number of carbonyl (C=O) groups excluding carboxylic acids is 2. The highest BCUT2D eigenvalue weighted by Crippen LogP contribution is 2.25. The van der Waals surface area contributed by atoms with Gasteiger partial charge >= 0.3 is 0 Å². The number of nitrogens with one attached hydrogen (secondary N) is 1. The van der Waals surface area contributed by atoms with E-state index in [2.05, 4.69) is 5.32 Å². The van der Waals surface area contributed by atoms with Gasteiger partial charge in [0.25, 0.3) is 10.0 Å². The molecular weight excluding hydrogens is 522 g/mol. The maximum atomic E-state index is 13.9. The summed E-state index contributed by atoms with van der Waals surface area (Å²) < 4.78 is 28.5. The number of amides is 2. The highest BCUT2D eigenvalue weighted by molar-refractivity contribution is 7.92. The second-order valence-corrected chi connectivity index (χ2v) is 11.4. The molecule has 0 spiro atoms. The molecule has 0 saturated carbocycles. The fraction of sp³-hybridized carbons (Fsp3) is 0.310. The van der Waals surface area contributed by atoms with Crippen molar-refractivity contribution in [1.29, 1.82) is 0 Å². The molecule has 202 valence electrons. The predicted octanol–water partition coefficient (Wildman–Crippen LogP) is 5.18. The number of benzene rings is 3. The average molecular weight is 556 g/mol. The minimum Gasteiger partial charge on any atom is -0.354 e. The fourth-order valence-electron chi connectivity index (χ4n) is 3.89. The summed E-state index contributed by atoms with van der Waals surface area (Å²) >= 11 is 6.38. The molecule has 0 fully saturated rings. The van der Waals surface area contributed by atoms with Gasteiger partial charge in [-0.05, 0) is 56.2 Å². The largest absolute Gasteiger partial charge is 0.354 e. The molecule has 0 aliphatic rings. The van der Waals surface area contributed by atoms with Crippen molar-refractivity contribution in [3.05, 3.63) is 95.0 Å². The molecule has 0 saturated heterocycles. The van der Waals surface area contributed by atoms with Crippen LogP contribution in [-0.4, -0.2) is 44.3 Å². The molecule has 0 aromatic heterocycles.